The van der Waals surface area contributed by atoms with Crippen LogP contribution in [0.1, 0.15) is 18.9 Å². The van der Waals surface area contributed by atoms with Crippen molar-refractivity contribution in [3.8, 4) is 0 Å². The van der Waals surface area contributed by atoms with Gasteiger partial charge in [-0.2, -0.15) is 0 Å². The number of halogens is 1. The van der Waals surface area contributed by atoms with Crippen molar-refractivity contribution in [2.75, 3.05) is 18.0 Å². The van der Waals surface area contributed by atoms with Gasteiger partial charge in [-0.05, 0) is 31.0 Å². The lowest BCUT2D eigenvalue weighted by Crippen LogP contribution is -2.29. The third kappa shape index (κ3) is 2.32. The molecule has 1 aromatic carbocycles. The summed E-state index contributed by atoms with van der Waals surface area (Å²) in [6.45, 7) is 3.84. The minimum absolute atomic E-state index is 0.455. The molecule has 3 N–H and O–H groups in total. The second kappa shape index (κ2) is 4.24. The Labute approximate surface area is 101 Å². The summed E-state index contributed by atoms with van der Waals surface area (Å²) in [6.07, 6.45) is 0.795. The molecule has 1 saturated heterocycles. The van der Waals surface area contributed by atoms with Gasteiger partial charge >= 0.3 is 0 Å². The average molecular weight is 241 g/mol. The molecular weight excluding hydrogens is 224 g/mol. The molecule has 0 bridgehead atoms. The summed E-state index contributed by atoms with van der Waals surface area (Å²) in [7, 11) is 0. The standard InChI is InChI=1S/C12H17ClN2O/c1-12(16)4-5-15(8-12)10-3-2-9(7-14)11(13)6-10/h2-3,6,16H,4-5,7-8,14H2,1H3. The quantitative estimate of drug-likeness (QED) is 0.828. The van der Waals surface area contributed by atoms with Gasteiger partial charge < -0.3 is 15.7 Å². The van der Waals surface area contributed by atoms with Gasteiger partial charge in [-0.3, -0.25) is 0 Å². The molecule has 4 heteroatoms. The van der Waals surface area contributed by atoms with E-state index in [1.165, 1.54) is 0 Å². The highest BCUT2D eigenvalue weighted by Crippen LogP contribution is 2.29. The molecule has 16 heavy (non-hydrogen) atoms. The summed E-state index contributed by atoms with van der Waals surface area (Å²) >= 11 is 6.11. The van der Waals surface area contributed by atoms with Crippen LogP contribution in [0.3, 0.4) is 0 Å². The minimum Gasteiger partial charge on any atom is -0.388 e. The molecule has 1 heterocycles. The van der Waals surface area contributed by atoms with Crippen molar-refractivity contribution in [3.05, 3.63) is 28.8 Å². The van der Waals surface area contributed by atoms with Crippen molar-refractivity contribution in [1.82, 2.24) is 0 Å². The van der Waals surface area contributed by atoms with E-state index in [2.05, 4.69) is 4.90 Å². The Morgan fingerprint density at radius 2 is 2.31 bits per heavy atom. The smallest absolute Gasteiger partial charge is 0.0810 e. The first kappa shape index (κ1) is 11.7. The largest absolute Gasteiger partial charge is 0.388 e. The number of nitrogens with two attached hydrogens (primary N) is 1. The third-order valence-electron chi connectivity index (χ3n) is 3.07. The molecule has 1 aliphatic rings. The zero-order valence-electron chi connectivity index (χ0n) is 9.41. The number of nitrogens with zero attached hydrogens (tertiary/aromatic N) is 1. The molecule has 1 aromatic rings. The van der Waals surface area contributed by atoms with Crippen LogP contribution in [0.5, 0.6) is 0 Å². The number of anilines is 1. The zero-order valence-corrected chi connectivity index (χ0v) is 10.2. The molecule has 0 spiro atoms. The van der Waals surface area contributed by atoms with Crippen LogP contribution in [0, 0.1) is 0 Å². The van der Waals surface area contributed by atoms with Crippen molar-refractivity contribution in [1.29, 1.82) is 0 Å². The normalized spacial score (nSPS) is 25.1. The van der Waals surface area contributed by atoms with Gasteiger partial charge in [0.2, 0.25) is 0 Å². The molecule has 0 aromatic heterocycles. The summed E-state index contributed by atoms with van der Waals surface area (Å²) in [4.78, 5) is 2.15. The minimum atomic E-state index is -0.584. The van der Waals surface area contributed by atoms with Crippen LogP contribution in [-0.4, -0.2) is 23.8 Å². The molecule has 0 saturated carbocycles. The lowest BCUT2D eigenvalue weighted by atomic mass is 10.1. The van der Waals surface area contributed by atoms with Crippen molar-refractivity contribution in [3.63, 3.8) is 0 Å². The number of rotatable bonds is 2. The van der Waals surface area contributed by atoms with Crippen LogP contribution < -0.4 is 10.6 Å². The maximum atomic E-state index is 9.90. The van der Waals surface area contributed by atoms with Crippen LogP contribution in [0.2, 0.25) is 5.02 Å². The Balaban J connectivity index is 2.20. The first-order chi connectivity index (χ1) is 7.52. The Morgan fingerprint density at radius 3 is 2.81 bits per heavy atom. The fourth-order valence-corrected chi connectivity index (χ4v) is 2.32. The molecule has 0 amide bonds. The summed E-state index contributed by atoms with van der Waals surface area (Å²) in [5, 5.41) is 10.6. The van der Waals surface area contributed by atoms with E-state index in [1.807, 2.05) is 25.1 Å². The number of benzene rings is 1. The second-order valence-corrected chi connectivity index (χ2v) is 5.06. The molecule has 3 nitrogen and oxygen atoms in total. The van der Waals surface area contributed by atoms with Crippen LogP contribution in [-0.2, 0) is 6.54 Å². The highest BCUT2D eigenvalue weighted by Gasteiger charge is 2.31. The summed E-state index contributed by atoms with van der Waals surface area (Å²) in [6, 6.07) is 5.88. The van der Waals surface area contributed by atoms with Crippen LogP contribution >= 0.6 is 11.6 Å². The van der Waals surface area contributed by atoms with Gasteiger partial charge in [0.05, 0.1) is 5.60 Å². The summed E-state index contributed by atoms with van der Waals surface area (Å²) < 4.78 is 0. The van der Waals surface area contributed by atoms with E-state index in [0.717, 1.165) is 24.2 Å². The summed E-state index contributed by atoms with van der Waals surface area (Å²) in [5.41, 5.74) is 6.99. The molecular formula is C12H17ClN2O. The molecule has 2 rings (SSSR count). The number of hydrogen-bond acceptors (Lipinski definition) is 3. The molecule has 1 atom stereocenters. The predicted molar refractivity (Wildman–Crippen MR) is 66.8 cm³/mol. The van der Waals surface area contributed by atoms with E-state index in [1.54, 1.807) is 0 Å². The average Bonchev–Trinajstić information content (AvgIpc) is 2.59. The van der Waals surface area contributed by atoms with Crippen LogP contribution in [0.25, 0.3) is 0 Å². The Morgan fingerprint density at radius 1 is 1.56 bits per heavy atom. The van der Waals surface area contributed by atoms with E-state index in [0.29, 0.717) is 18.1 Å². The van der Waals surface area contributed by atoms with Crippen LogP contribution in [0.4, 0.5) is 5.69 Å². The van der Waals surface area contributed by atoms with Crippen molar-refractivity contribution < 1.29 is 5.11 Å². The lowest BCUT2D eigenvalue weighted by molar-refractivity contribution is 0.0839. The molecule has 0 aliphatic carbocycles. The van der Waals surface area contributed by atoms with Gasteiger partial charge in [0.25, 0.3) is 0 Å². The predicted octanol–water partition coefficient (Wildman–Crippen LogP) is 1.76. The Hall–Kier alpha value is -0.770. The molecule has 1 aliphatic heterocycles. The molecule has 0 radical (unpaired) electrons. The maximum Gasteiger partial charge on any atom is 0.0810 e. The molecule has 88 valence electrons. The van der Waals surface area contributed by atoms with E-state index in [4.69, 9.17) is 17.3 Å². The van der Waals surface area contributed by atoms with Gasteiger partial charge in [0.15, 0.2) is 0 Å². The second-order valence-electron chi connectivity index (χ2n) is 4.65. The monoisotopic (exact) mass is 240 g/mol. The number of aliphatic hydroxyl groups is 1. The van der Waals surface area contributed by atoms with Gasteiger partial charge in [-0.1, -0.05) is 17.7 Å². The van der Waals surface area contributed by atoms with Gasteiger partial charge in [-0.25, -0.2) is 0 Å². The first-order valence-electron chi connectivity index (χ1n) is 5.48. The van der Waals surface area contributed by atoms with E-state index >= 15 is 0 Å². The number of β-amino-alcohol motifs (C(OH)–C–C–N with tert-alkyl or cyclic N) is 1. The van der Waals surface area contributed by atoms with Gasteiger partial charge in [0, 0.05) is 30.3 Å². The third-order valence-corrected chi connectivity index (χ3v) is 3.43. The fourth-order valence-electron chi connectivity index (χ4n) is 2.06. The van der Waals surface area contributed by atoms with E-state index in [9.17, 15) is 5.11 Å². The Kier molecular flexibility index (Phi) is 3.10. The van der Waals surface area contributed by atoms with Crippen molar-refractivity contribution >= 4 is 17.3 Å². The fraction of sp³-hybridized carbons (Fsp3) is 0.500. The zero-order chi connectivity index (χ0) is 11.8. The van der Waals surface area contributed by atoms with Crippen LogP contribution in [0.15, 0.2) is 18.2 Å². The van der Waals surface area contributed by atoms with E-state index in [-0.39, 0.29) is 0 Å². The topological polar surface area (TPSA) is 49.5 Å². The van der Waals surface area contributed by atoms with Gasteiger partial charge in [0.1, 0.15) is 0 Å². The lowest BCUT2D eigenvalue weighted by Gasteiger charge is -2.21. The molecule has 1 fully saturated rings. The van der Waals surface area contributed by atoms with Crippen molar-refractivity contribution in [2.45, 2.75) is 25.5 Å². The number of hydrogen-bond donors (Lipinski definition) is 2. The highest BCUT2D eigenvalue weighted by molar-refractivity contribution is 6.31. The SMILES string of the molecule is CC1(O)CCN(c2ccc(CN)c(Cl)c2)C1. The van der Waals surface area contributed by atoms with E-state index < -0.39 is 5.60 Å². The summed E-state index contributed by atoms with van der Waals surface area (Å²) in [5.74, 6) is 0. The maximum absolute atomic E-state index is 9.90. The van der Waals surface area contributed by atoms with Crippen molar-refractivity contribution in [2.24, 2.45) is 5.73 Å². The highest BCUT2D eigenvalue weighted by atomic mass is 35.5. The molecule has 1 unspecified atom stereocenters. The Bertz CT molecular complexity index is 393. The first-order valence-corrected chi connectivity index (χ1v) is 5.85. The van der Waals surface area contributed by atoms with Gasteiger partial charge in [-0.15, -0.1) is 0 Å².